The maximum Gasteiger partial charge on any atom is 0.261 e. The summed E-state index contributed by atoms with van der Waals surface area (Å²) in [6.45, 7) is 9.12. The number of benzene rings is 4. The first-order chi connectivity index (χ1) is 18.7. The van der Waals surface area contributed by atoms with Gasteiger partial charge in [0.1, 0.15) is 7.14 Å². The van der Waals surface area contributed by atoms with Crippen LogP contribution in [-0.4, -0.2) is 31.8 Å². The van der Waals surface area contributed by atoms with E-state index in [0.29, 0.717) is 19.4 Å². The first-order valence-corrected chi connectivity index (χ1v) is 17.5. The average molecular weight is 557 g/mol. The molecule has 204 valence electrons. The molecule has 0 aliphatic carbocycles. The van der Waals surface area contributed by atoms with Crippen molar-refractivity contribution in [2.75, 3.05) is 6.61 Å². The van der Waals surface area contributed by atoms with Gasteiger partial charge < -0.3 is 14.1 Å². The van der Waals surface area contributed by atoms with E-state index in [-0.39, 0.29) is 5.04 Å². The van der Waals surface area contributed by atoms with Gasteiger partial charge in [0.25, 0.3) is 8.32 Å². The molecule has 0 unspecified atom stereocenters. The van der Waals surface area contributed by atoms with Crippen molar-refractivity contribution in [2.45, 2.75) is 57.3 Å². The monoisotopic (exact) mass is 556 g/mol. The number of hydrogen-bond acceptors (Lipinski definition) is 3. The van der Waals surface area contributed by atoms with E-state index in [9.17, 15) is 9.67 Å². The molecule has 0 saturated carbocycles. The molecule has 4 rings (SSSR count). The van der Waals surface area contributed by atoms with Gasteiger partial charge in [0, 0.05) is 22.9 Å². The van der Waals surface area contributed by atoms with Crippen molar-refractivity contribution in [3.8, 4) is 0 Å². The van der Waals surface area contributed by atoms with Crippen molar-refractivity contribution in [2.24, 2.45) is 0 Å². The van der Waals surface area contributed by atoms with Gasteiger partial charge in [0.15, 0.2) is 0 Å². The van der Waals surface area contributed by atoms with Crippen LogP contribution in [-0.2, 0) is 8.99 Å². The lowest BCUT2D eigenvalue weighted by atomic mass is 10.2. The average Bonchev–Trinajstić information content (AvgIpc) is 2.96. The summed E-state index contributed by atoms with van der Waals surface area (Å²) < 4.78 is 22.0. The Hall–Kier alpha value is -2.75. The summed E-state index contributed by atoms with van der Waals surface area (Å²) >= 11 is 0. The van der Waals surface area contributed by atoms with Crippen LogP contribution in [0.1, 0.15) is 40.5 Å². The van der Waals surface area contributed by atoms with E-state index in [1.165, 1.54) is 10.4 Å². The van der Waals surface area contributed by atoms with Crippen LogP contribution in [0.5, 0.6) is 0 Å². The zero-order chi connectivity index (χ0) is 27.9. The molecule has 0 aliphatic heterocycles. The van der Waals surface area contributed by atoms with E-state index in [2.05, 4.69) is 69.3 Å². The van der Waals surface area contributed by atoms with Gasteiger partial charge in [-0.2, -0.15) is 0 Å². The highest BCUT2D eigenvalue weighted by molar-refractivity contribution is 7.79. The molecule has 0 amide bonds. The standard InChI is InChI=1S/C34H41O3PSi/c1-28(35)33(38(36,29-18-9-5-10-19-29)30-20-11-6-12-21-30)26-17-27-37-39(34(2,3)4,31-22-13-7-14-23-31)32-24-15-8-16-25-32/h5-16,18-25,28,33,35H,17,26-27H2,1-4H3/t28-,33-/m0/s1. The quantitative estimate of drug-likeness (QED) is 0.138. The number of rotatable bonds is 11. The van der Waals surface area contributed by atoms with Crippen LogP contribution in [0, 0.1) is 0 Å². The maximum absolute atomic E-state index is 15.0. The lowest BCUT2D eigenvalue weighted by molar-refractivity contribution is 0.179. The van der Waals surface area contributed by atoms with E-state index >= 15 is 0 Å². The molecule has 0 bridgehead atoms. The summed E-state index contributed by atoms with van der Waals surface area (Å²) in [7, 11) is -5.77. The highest BCUT2D eigenvalue weighted by Gasteiger charge is 2.50. The number of aliphatic hydroxyl groups is 1. The SMILES string of the molecule is C[C@H](O)[C@H](CCCO[Si](c1ccccc1)(c1ccccc1)C(C)(C)C)P(=O)(c1ccccc1)c1ccccc1. The normalized spacial score (nSPS) is 14.1. The van der Waals surface area contributed by atoms with E-state index in [1.807, 2.05) is 72.8 Å². The van der Waals surface area contributed by atoms with Crippen LogP contribution in [0.25, 0.3) is 0 Å². The Kier molecular flexibility index (Phi) is 9.46. The van der Waals surface area contributed by atoms with Crippen molar-refractivity contribution in [3.05, 3.63) is 121 Å². The lowest BCUT2D eigenvalue weighted by Gasteiger charge is -2.43. The van der Waals surface area contributed by atoms with Crippen molar-refractivity contribution >= 4 is 36.4 Å². The molecule has 0 aromatic heterocycles. The molecule has 2 atom stereocenters. The maximum atomic E-state index is 15.0. The summed E-state index contributed by atoms with van der Waals surface area (Å²) in [6, 6.07) is 40.6. The zero-order valence-electron chi connectivity index (χ0n) is 23.5. The van der Waals surface area contributed by atoms with Gasteiger partial charge in [-0.3, -0.25) is 0 Å². The Morgan fingerprint density at radius 1 is 0.718 bits per heavy atom. The first kappa shape index (κ1) is 29.2. The third-order valence-corrected chi connectivity index (χ3v) is 16.5. The van der Waals surface area contributed by atoms with Crippen LogP contribution in [0.2, 0.25) is 5.04 Å². The van der Waals surface area contributed by atoms with Crippen LogP contribution in [0.3, 0.4) is 0 Å². The molecule has 0 saturated heterocycles. The molecule has 0 spiro atoms. The topological polar surface area (TPSA) is 46.5 Å². The van der Waals surface area contributed by atoms with Crippen molar-refractivity contribution in [1.82, 2.24) is 0 Å². The van der Waals surface area contributed by atoms with Gasteiger partial charge in [0.05, 0.1) is 6.10 Å². The van der Waals surface area contributed by atoms with Crippen LogP contribution in [0.4, 0.5) is 0 Å². The molecule has 0 fully saturated rings. The Balaban J connectivity index is 1.65. The summed E-state index contributed by atoms with van der Waals surface area (Å²) in [4.78, 5) is 0. The largest absolute Gasteiger partial charge is 0.407 e. The van der Waals surface area contributed by atoms with Crippen LogP contribution in [0.15, 0.2) is 121 Å². The second kappa shape index (κ2) is 12.6. The van der Waals surface area contributed by atoms with Gasteiger partial charge in [0.2, 0.25) is 0 Å². The fraction of sp³-hybridized carbons (Fsp3) is 0.294. The molecule has 0 aliphatic rings. The fourth-order valence-electron chi connectivity index (χ4n) is 5.84. The van der Waals surface area contributed by atoms with Crippen molar-refractivity contribution < 1.29 is 14.1 Å². The summed E-state index contributed by atoms with van der Waals surface area (Å²) in [5, 5.41) is 15.0. The van der Waals surface area contributed by atoms with Crippen molar-refractivity contribution in [3.63, 3.8) is 0 Å². The first-order valence-electron chi connectivity index (χ1n) is 13.9. The fourth-order valence-corrected chi connectivity index (χ4v) is 13.9. The third-order valence-electron chi connectivity index (χ3n) is 7.68. The molecular formula is C34H41O3PSi. The van der Waals surface area contributed by atoms with Crippen molar-refractivity contribution in [1.29, 1.82) is 0 Å². The minimum Gasteiger partial charge on any atom is -0.407 e. The Bertz CT molecular complexity index is 1250. The lowest BCUT2D eigenvalue weighted by Crippen LogP contribution is -2.66. The molecule has 4 aromatic carbocycles. The van der Waals surface area contributed by atoms with Gasteiger partial charge in [-0.05, 0) is 35.2 Å². The zero-order valence-corrected chi connectivity index (χ0v) is 25.4. The number of aliphatic hydroxyl groups excluding tert-OH is 1. The Labute approximate surface area is 235 Å². The molecular weight excluding hydrogens is 515 g/mol. The molecule has 0 radical (unpaired) electrons. The Morgan fingerprint density at radius 2 is 1.10 bits per heavy atom. The highest BCUT2D eigenvalue weighted by Crippen LogP contribution is 2.51. The second-order valence-electron chi connectivity index (χ2n) is 11.3. The van der Waals surface area contributed by atoms with Crippen LogP contribution >= 0.6 is 7.14 Å². The minimum absolute atomic E-state index is 0.108. The van der Waals surface area contributed by atoms with E-state index in [0.717, 1.165) is 10.6 Å². The smallest absolute Gasteiger partial charge is 0.261 e. The molecule has 1 N–H and O–H groups in total. The van der Waals surface area contributed by atoms with E-state index in [1.54, 1.807) is 6.92 Å². The Morgan fingerprint density at radius 3 is 1.46 bits per heavy atom. The predicted molar refractivity (Wildman–Crippen MR) is 168 cm³/mol. The number of hydrogen-bond donors (Lipinski definition) is 1. The minimum atomic E-state index is -3.11. The van der Waals surface area contributed by atoms with Gasteiger partial charge in [-0.25, -0.2) is 0 Å². The highest BCUT2D eigenvalue weighted by atomic mass is 31.2. The summed E-state index contributed by atoms with van der Waals surface area (Å²) in [5.41, 5.74) is -0.412. The molecule has 4 aromatic rings. The molecule has 0 heterocycles. The van der Waals surface area contributed by atoms with Gasteiger partial charge >= 0.3 is 0 Å². The molecule has 5 heteroatoms. The molecule has 3 nitrogen and oxygen atoms in total. The summed E-state index contributed by atoms with van der Waals surface area (Å²) in [5.74, 6) is 0. The van der Waals surface area contributed by atoms with E-state index < -0.39 is 27.2 Å². The van der Waals surface area contributed by atoms with Crippen LogP contribution < -0.4 is 21.0 Å². The third kappa shape index (κ3) is 6.05. The second-order valence-corrected chi connectivity index (χ2v) is 18.6. The van der Waals surface area contributed by atoms with Gasteiger partial charge in [-0.15, -0.1) is 0 Å². The van der Waals surface area contributed by atoms with Gasteiger partial charge in [-0.1, -0.05) is 142 Å². The predicted octanol–water partition coefficient (Wildman–Crippen LogP) is 6.11. The van der Waals surface area contributed by atoms with E-state index in [4.69, 9.17) is 4.43 Å². The summed E-state index contributed by atoms with van der Waals surface area (Å²) in [6.07, 6.45) is 0.560. The molecule has 39 heavy (non-hydrogen) atoms.